The molecule has 0 atom stereocenters. The van der Waals surface area contributed by atoms with Crippen molar-refractivity contribution in [2.45, 2.75) is 243 Å². The van der Waals surface area contributed by atoms with E-state index in [0.29, 0.717) is 110 Å². The number of pyridine rings is 4. The number of rotatable bonds is 31. The van der Waals surface area contributed by atoms with E-state index >= 15 is 0 Å². The number of aromatic nitrogens is 12. The second-order valence-electron chi connectivity index (χ2n) is 32.9. The van der Waals surface area contributed by atoms with Crippen molar-refractivity contribution in [3.8, 4) is 0 Å². The summed E-state index contributed by atoms with van der Waals surface area (Å²) < 4.78 is 90.4. The number of hydrogen-bond donors (Lipinski definition) is 0. The predicted molar refractivity (Wildman–Crippen MR) is 459 cm³/mol. The van der Waals surface area contributed by atoms with Gasteiger partial charge in [0.25, 0.3) is 23.6 Å². The second-order valence-corrected chi connectivity index (χ2v) is 32.9. The number of hydrogen-bond acceptors (Lipinski definition) is 12. The highest BCUT2D eigenvalue weighted by Gasteiger charge is 2.37. The van der Waals surface area contributed by atoms with Crippen molar-refractivity contribution in [2.24, 2.45) is 17.8 Å². The number of aryl methyl sites for hydroxylation is 2. The molecule has 2 saturated carbocycles. The van der Waals surface area contributed by atoms with Crippen molar-refractivity contribution in [3.63, 3.8) is 0 Å². The third-order valence-corrected chi connectivity index (χ3v) is 22.5. The summed E-state index contributed by atoms with van der Waals surface area (Å²) >= 11 is 0. The number of amides is 4. The highest BCUT2D eigenvalue weighted by atomic mass is 19.4. The predicted octanol–water partition coefficient (Wildman–Crippen LogP) is 21.4. The molecule has 0 saturated heterocycles. The van der Waals surface area contributed by atoms with Gasteiger partial charge in [-0.2, -0.15) is 13.2 Å². The van der Waals surface area contributed by atoms with Crippen molar-refractivity contribution >= 4 is 68.3 Å². The third kappa shape index (κ3) is 22.6. The van der Waals surface area contributed by atoms with E-state index in [2.05, 4.69) is 86.2 Å². The monoisotopic (exact) mass is 1650 g/mol. The smallest absolute Gasteiger partial charge is 0.331 e. The quantitative estimate of drug-likeness (QED) is 0.0294. The van der Waals surface area contributed by atoms with Crippen LogP contribution in [0.3, 0.4) is 0 Å². The number of allylic oxidation sites excluding steroid dienone is 3. The number of alkyl halides is 3. The van der Waals surface area contributed by atoms with Gasteiger partial charge in [-0.05, 0) is 204 Å². The molecule has 120 heavy (non-hydrogen) atoms. The van der Waals surface area contributed by atoms with Gasteiger partial charge in [-0.25, -0.2) is 53.0 Å². The average molecular weight is 1650 g/mol. The zero-order valence-electron chi connectivity index (χ0n) is 71.4. The molecule has 26 heteroatoms. The minimum atomic E-state index is -4.60. The van der Waals surface area contributed by atoms with Gasteiger partial charge in [-0.1, -0.05) is 131 Å². The molecule has 14 rings (SSSR count). The summed E-state index contributed by atoms with van der Waals surface area (Å²) in [5.74, 6) is 1.08. The first-order chi connectivity index (χ1) is 57.8. The maximum atomic E-state index is 14.2. The molecule has 638 valence electrons. The lowest BCUT2D eigenvalue weighted by Crippen LogP contribution is -2.34. The van der Waals surface area contributed by atoms with Crippen LogP contribution in [0.4, 0.5) is 26.3 Å². The maximum Gasteiger partial charge on any atom is 0.417 e. The van der Waals surface area contributed by atoms with Crippen molar-refractivity contribution in [1.29, 1.82) is 0 Å². The number of imidazole rings is 4. The van der Waals surface area contributed by atoms with Crippen LogP contribution < -0.4 is 0 Å². The first-order valence-electron chi connectivity index (χ1n) is 42.9. The van der Waals surface area contributed by atoms with Gasteiger partial charge in [0.1, 0.15) is 51.2 Å². The SMILES string of the molecule is CC(C)CCN(Cc1nc2cccnc2n1C1CCCC1)C(=O)c1ccc(F)c(F)c1.CCCCCN(Cc1nc2cccnc2n1CCC)C(=O)C1=C(C)C=CC1.CCCn1c(CN(CCC(C)C)C(=O)c2ccccc2C(F)(F)F)nc2cccnc21.Cc1c(F)cccc1C(=O)N(CCC(C)C)Cc1nc2cccnc2n1C1CCCC1. The molecule has 0 aliphatic heterocycles. The largest absolute Gasteiger partial charge is 0.417 e. The molecular weight excluding hydrogens is 1530 g/mol. The summed E-state index contributed by atoms with van der Waals surface area (Å²) in [6.45, 7) is 27.7. The summed E-state index contributed by atoms with van der Waals surface area (Å²) in [6, 6.07) is 28.9. The molecule has 3 aromatic carbocycles. The van der Waals surface area contributed by atoms with Crippen LogP contribution in [0.1, 0.15) is 256 Å². The van der Waals surface area contributed by atoms with Crippen LogP contribution in [0.25, 0.3) is 44.7 Å². The van der Waals surface area contributed by atoms with Crippen LogP contribution in [0.2, 0.25) is 0 Å². The molecule has 0 spiro atoms. The summed E-state index contributed by atoms with van der Waals surface area (Å²) in [4.78, 5) is 97.4. The van der Waals surface area contributed by atoms with E-state index in [0.717, 1.165) is 170 Å². The number of halogens is 6. The van der Waals surface area contributed by atoms with E-state index in [4.69, 9.17) is 15.0 Å². The number of unbranched alkanes of at least 4 members (excludes halogenated alkanes) is 2. The number of carbonyl (C=O) groups is 4. The van der Waals surface area contributed by atoms with E-state index in [-0.39, 0.29) is 41.2 Å². The molecule has 8 aromatic heterocycles. The Balaban J connectivity index is 0.000000157. The average Bonchev–Trinajstić information content (AvgIpc) is 1.66. The van der Waals surface area contributed by atoms with Gasteiger partial charge in [0.2, 0.25) is 0 Å². The molecule has 4 amide bonds. The number of fused-ring (bicyclic) bond motifs is 4. The van der Waals surface area contributed by atoms with Crippen LogP contribution >= 0.6 is 0 Å². The molecule has 0 unspecified atom stereocenters. The van der Waals surface area contributed by atoms with Crippen molar-refractivity contribution < 1.29 is 45.5 Å². The minimum Gasteiger partial charge on any atom is -0.331 e. The molecule has 0 bridgehead atoms. The summed E-state index contributed by atoms with van der Waals surface area (Å²) in [6.07, 6.45) is 23.9. The molecule has 8 heterocycles. The van der Waals surface area contributed by atoms with Gasteiger partial charge >= 0.3 is 6.18 Å². The molecule has 0 radical (unpaired) electrons. The first-order valence-corrected chi connectivity index (χ1v) is 42.9. The third-order valence-electron chi connectivity index (χ3n) is 22.5. The Morgan fingerprint density at radius 1 is 0.450 bits per heavy atom. The summed E-state index contributed by atoms with van der Waals surface area (Å²) in [5, 5.41) is 0. The summed E-state index contributed by atoms with van der Waals surface area (Å²) in [7, 11) is 0. The Morgan fingerprint density at radius 2 is 0.875 bits per heavy atom. The standard InChI is InChI=1S/C25H31FN4O.C24H28F2N4O.C23H27F3N4O.C22H30N4O/c1-17(2)13-15-29(25(31)20-10-6-11-21(26)18(20)3)16-23-28-22-12-7-14-27-24(22)30(23)19-8-4-5-9-19;1-16(2)11-13-29(24(31)17-9-10-19(25)20(26)14-17)15-22-28-21-8-5-12-27-23(21)30(22)18-6-3-4-7-18;1-4-13-30-20(28-19-10-7-12-27-21(19)30)15-29(14-11-16(2)3)22(31)17-8-5-6-9-18(17)23(24,25)26;1-4-6-7-15-25(22(27)18-11-8-10-17(18)3)16-20-24-19-12-9-13-23-21(19)26(20)14-5-2/h6-7,10-12,14,17,19H,4-5,8-9,13,15-16H2,1-3H3;5,8-10,12,14,16,18H,3-4,6-7,11,13,15H2,1-2H3;5-10,12,16H,4,11,13-15H2,1-3H3;8-10,12-13H,4-7,11,14-16H2,1-3H3. The summed E-state index contributed by atoms with van der Waals surface area (Å²) in [5.41, 5.74) is 8.35. The number of nitrogens with zero attached hydrogens (tertiary/aromatic N) is 16. The van der Waals surface area contributed by atoms with Crippen LogP contribution in [-0.4, -0.2) is 128 Å². The van der Waals surface area contributed by atoms with E-state index < -0.39 is 29.3 Å². The van der Waals surface area contributed by atoms with Crippen LogP contribution in [0.5, 0.6) is 0 Å². The lowest BCUT2D eigenvalue weighted by molar-refractivity contribution is -0.138. The lowest BCUT2D eigenvalue weighted by atomic mass is 10.0. The fourth-order valence-electron chi connectivity index (χ4n) is 15.9. The van der Waals surface area contributed by atoms with Gasteiger partial charge in [0, 0.05) is 92.8 Å². The lowest BCUT2D eigenvalue weighted by Gasteiger charge is -2.26. The number of benzene rings is 3. The zero-order valence-corrected chi connectivity index (χ0v) is 71.4. The second kappa shape index (κ2) is 42.3. The molecule has 3 aliphatic carbocycles. The first kappa shape index (κ1) is 89.9. The van der Waals surface area contributed by atoms with Gasteiger partial charge in [0.15, 0.2) is 34.2 Å². The molecule has 0 N–H and O–H groups in total. The van der Waals surface area contributed by atoms with E-state index in [9.17, 15) is 45.5 Å². The Kier molecular flexibility index (Phi) is 31.7. The van der Waals surface area contributed by atoms with Crippen molar-refractivity contribution in [2.75, 3.05) is 26.2 Å². The topological polar surface area (TPSA) is 204 Å². The molecular formula is C94H116F6N16O4. The molecule has 20 nitrogen and oxygen atoms in total. The van der Waals surface area contributed by atoms with Gasteiger partial charge in [-0.15, -0.1) is 0 Å². The Bertz CT molecular complexity index is 5360. The zero-order chi connectivity index (χ0) is 85.7. The molecule has 2 fully saturated rings. The fourth-order valence-corrected chi connectivity index (χ4v) is 15.9. The molecule has 11 aromatic rings. The van der Waals surface area contributed by atoms with Crippen molar-refractivity contribution in [3.05, 3.63) is 226 Å². The van der Waals surface area contributed by atoms with Gasteiger partial charge in [0.05, 0.1) is 37.3 Å². The van der Waals surface area contributed by atoms with E-state index in [1.165, 1.54) is 60.9 Å². The van der Waals surface area contributed by atoms with E-state index in [1.54, 1.807) is 48.6 Å². The van der Waals surface area contributed by atoms with Crippen LogP contribution in [0.15, 0.2) is 157 Å². The van der Waals surface area contributed by atoms with E-state index in [1.807, 2.05) is 96.8 Å². The Hall–Kier alpha value is -10.9. The van der Waals surface area contributed by atoms with Gasteiger partial charge in [-0.3, -0.25) is 19.2 Å². The Morgan fingerprint density at radius 3 is 1.32 bits per heavy atom. The number of carbonyl (C=O) groups excluding carboxylic acids is 4. The Labute approximate surface area is 700 Å². The van der Waals surface area contributed by atoms with Crippen LogP contribution in [0, 0.1) is 42.1 Å². The molecule has 3 aliphatic rings. The highest BCUT2D eigenvalue weighted by molar-refractivity contribution is 5.97. The van der Waals surface area contributed by atoms with Crippen LogP contribution in [-0.2, 0) is 50.2 Å². The van der Waals surface area contributed by atoms with Crippen molar-refractivity contribution in [1.82, 2.24) is 77.7 Å². The van der Waals surface area contributed by atoms with Gasteiger partial charge < -0.3 is 37.9 Å². The normalized spacial score (nSPS) is 13.7. The maximum absolute atomic E-state index is 14.2. The highest BCUT2D eigenvalue weighted by Crippen LogP contribution is 2.37. The fraction of sp³-hybridized carbons (Fsp3) is 0.468. The minimum absolute atomic E-state index is 0.119.